The highest BCUT2D eigenvalue weighted by Gasteiger charge is 2.17. The summed E-state index contributed by atoms with van der Waals surface area (Å²) in [6.07, 6.45) is 2.01. The summed E-state index contributed by atoms with van der Waals surface area (Å²) in [4.78, 5) is 4.45. The van der Waals surface area contributed by atoms with E-state index in [1.54, 1.807) is 12.1 Å². The molecule has 2 heterocycles. The standard InChI is InChI=1S/C19H16N2O4S/c22-26(23,16-8-9-18-19(12-16)25-11-3-10-24-18)20-13-15-7-6-14-4-1-2-5-17(14)21-15/h1-2,4-9,12-13H,3,10-11H2. The fourth-order valence-electron chi connectivity index (χ4n) is 2.64. The summed E-state index contributed by atoms with van der Waals surface area (Å²) in [5.74, 6) is 0.962. The molecule has 0 radical (unpaired) electrons. The van der Waals surface area contributed by atoms with Gasteiger partial charge in [-0.3, -0.25) is 0 Å². The van der Waals surface area contributed by atoms with Gasteiger partial charge in [-0.05, 0) is 24.3 Å². The minimum atomic E-state index is -3.86. The van der Waals surface area contributed by atoms with E-state index >= 15 is 0 Å². The van der Waals surface area contributed by atoms with Gasteiger partial charge >= 0.3 is 0 Å². The summed E-state index contributed by atoms with van der Waals surface area (Å²) >= 11 is 0. The second kappa shape index (κ2) is 6.76. The van der Waals surface area contributed by atoms with Gasteiger partial charge in [0.05, 0.1) is 35.5 Å². The van der Waals surface area contributed by atoms with Gasteiger partial charge in [-0.1, -0.05) is 24.3 Å². The molecule has 7 heteroatoms. The van der Waals surface area contributed by atoms with E-state index in [1.807, 2.05) is 30.3 Å². The number of nitrogens with zero attached hydrogens (tertiary/aromatic N) is 2. The molecule has 1 aliphatic rings. The Morgan fingerprint density at radius 3 is 2.65 bits per heavy atom. The second-order valence-corrected chi connectivity index (χ2v) is 7.43. The van der Waals surface area contributed by atoms with Crippen LogP contribution < -0.4 is 9.47 Å². The number of rotatable bonds is 3. The lowest BCUT2D eigenvalue weighted by Crippen LogP contribution is -2.00. The topological polar surface area (TPSA) is 77.9 Å². The van der Waals surface area contributed by atoms with Crippen molar-refractivity contribution in [2.45, 2.75) is 11.3 Å². The Morgan fingerprint density at radius 2 is 1.77 bits per heavy atom. The molecule has 0 atom stereocenters. The van der Waals surface area contributed by atoms with Crippen molar-refractivity contribution in [3.05, 3.63) is 60.3 Å². The number of para-hydroxylation sites is 1. The van der Waals surface area contributed by atoms with E-state index in [1.165, 1.54) is 18.3 Å². The first-order valence-corrected chi connectivity index (χ1v) is 9.62. The monoisotopic (exact) mass is 368 g/mol. The molecular weight excluding hydrogens is 352 g/mol. The highest BCUT2D eigenvalue weighted by atomic mass is 32.2. The second-order valence-electron chi connectivity index (χ2n) is 5.80. The van der Waals surface area contributed by atoms with E-state index in [0.29, 0.717) is 30.4 Å². The summed E-state index contributed by atoms with van der Waals surface area (Å²) in [6, 6.07) is 15.7. The molecule has 0 bridgehead atoms. The molecule has 0 saturated carbocycles. The molecule has 26 heavy (non-hydrogen) atoms. The molecule has 3 aromatic rings. The van der Waals surface area contributed by atoms with Crippen LogP contribution >= 0.6 is 0 Å². The average Bonchev–Trinajstić information content (AvgIpc) is 2.91. The lowest BCUT2D eigenvalue weighted by molar-refractivity contribution is 0.297. The Labute approximate surface area is 151 Å². The van der Waals surface area contributed by atoms with Gasteiger partial charge in [0, 0.05) is 17.9 Å². The van der Waals surface area contributed by atoms with Crippen molar-refractivity contribution < 1.29 is 17.9 Å². The molecule has 0 fully saturated rings. The Kier molecular flexibility index (Phi) is 4.30. The summed E-state index contributed by atoms with van der Waals surface area (Å²) in [5, 5.41) is 0.982. The molecular formula is C19H16N2O4S. The van der Waals surface area contributed by atoms with Gasteiger partial charge in [-0.15, -0.1) is 0 Å². The molecule has 132 valence electrons. The Bertz CT molecular complexity index is 1090. The number of fused-ring (bicyclic) bond motifs is 2. The van der Waals surface area contributed by atoms with Crippen LogP contribution in [0, 0.1) is 0 Å². The largest absolute Gasteiger partial charge is 0.490 e. The molecule has 2 aromatic carbocycles. The maximum Gasteiger partial charge on any atom is 0.282 e. The van der Waals surface area contributed by atoms with E-state index in [-0.39, 0.29) is 4.90 Å². The van der Waals surface area contributed by atoms with Crippen LogP contribution in [-0.2, 0) is 10.0 Å². The number of benzene rings is 2. The van der Waals surface area contributed by atoms with Gasteiger partial charge in [0.2, 0.25) is 0 Å². The number of hydrogen-bond acceptors (Lipinski definition) is 5. The summed E-state index contributed by atoms with van der Waals surface area (Å²) in [7, 11) is -3.86. The minimum Gasteiger partial charge on any atom is -0.490 e. The van der Waals surface area contributed by atoms with Gasteiger partial charge in [0.25, 0.3) is 10.0 Å². The first-order valence-electron chi connectivity index (χ1n) is 8.18. The van der Waals surface area contributed by atoms with Gasteiger partial charge < -0.3 is 9.47 Å². The zero-order chi connectivity index (χ0) is 18.0. The lowest BCUT2D eigenvalue weighted by Gasteiger charge is -2.08. The quantitative estimate of drug-likeness (QED) is 0.664. The predicted molar refractivity (Wildman–Crippen MR) is 98.6 cm³/mol. The van der Waals surface area contributed by atoms with Crippen molar-refractivity contribution in [1.82, 2.24) is 4.98 Å². The number of pyridine rings is 1. The summed E-state index contributed by atoms with van der Waals surface area (Å²) in [6.45, 7) is 1.03. The molecule has 0 unspecified atom stereocenters. The van der Waals surface area contributed by atoms with Crippen LogP contribution in [0.25, 0.3) is 10.9 Å². The first kappa shape index (κ1) is 16.5. The number of sulfonamides is 1. The Balaban J connectivity index is 1.63. The predicted octanol–water partition coefficient (Wildman–Crippen LogP) is 3.20. The van der Waals surface area contributed by atoms with E-state index in [0.717, 1.165) is 17.3 Å². The van der Waals surface area contributed by atoms with Crippen LogP contribution in [0.15, 0.2) is 63.9 Å². The Morgan fingerprint density at radius 1 is 0.962 bits per heavy atom. The molecule has 1 aliphatic heterocycles. The molecule has 0 aliphatic carbocycles. The maximum atomic E-state index is 12.5. The van der Waals surface area contributed by atoms with E-state index in [2.05, 4.69) is 9.38 Å². The molecule has 0 amide bonds. The fourth-order valence-corrected chi connectivity index (χ4v) is 3.51. The third-order valence-electron chi connectivity index (χ3n) is 3.96. The van der Waals surface area contributed by atoms with Crippen molar-refractivity contribution in [2.75, 3.05) is 13.2 Å². The third kappa shape index (κ3) is 3.39. The zero-order valence-electron chi connectivity index (χ0n) is 13.8. The van der Waals surface area contributed by atoms with Gasteiger partial charge in [0.1, 0.15) is 0 Å². The Hall–Kier alpha value is -2.93. The van der Waals surface area contributed by atoms with Crippen LogP contribution in [0.3, 0.4) is 0 Å². The van der Waals surface area contributed by atoms with Crippen LogP contribution in [0.5, 0.6) is 11.5 Å². The van der Waals surface area contributed by atoms with Crippen molar-refractivity contribution in [1.29, 1.82) is 0 Å². The SMILES string of the molecule is O=S(=O)(N=Cc1ccc2ccccc2n1)c1ccc2c(c1)OCCCO2. The van der Waals surface area contributed by atoms with Crippen molar-refractivity contribution in [3.63, 3.8) is 0 Å². The number of aromatic nitrogens is 1. The average molecular weight is 368 g/mol. The highest BCUT2D eigenvalue weighted by molar-refractivity contribution is 7.90. The smallest absolute Gasteiger partial charge is 0.282 e. The van der Waals surface area contributed by atoms with Gasteiger partial charge in [0.15, 0.2) is 11.5 Å². The third-order valence-corrected chi connectivity index (χ3v) is 5.19. The molecule has 6 nitrogen and oxygen atoms in total. The molecule has 0 spiro atoms. The lowest BCUT2D eigenvalue weighted by atomic mass is 10.2. The molecule has 0 N–H and O–H groups in total. The molecule has 0 saturated heterocycles. The first-order chi connectivity index (χ1) is 12.6. The van der Waals surface area contributed by atoms with Crippen molar-refractivity contribution in [2.24, 2.45) is 4.40 Å². The van der Waals surface area contributed by atoms with Crippen LogP contribution in [0.4, 0.5) is 0 Å². The van der Waals surface area contributed by atoms with Gasteiger partial charge in [-0.2, -0.15) is 12.8 Å². The number of ether oxygens (including phenoxy) is 2. The van der Waals surface area contributed by atoms with Crippen LogP contribution in [-0.4, -0.2) is 32.8 Å². The van der Waals surface area contributed by atoms with Crippen molar-refractivity contribution >= 4 is 27.1 Å². The van der Waals surface area contributed by atoms with E-state index in [9.17, 15) is 8.42 Å². The van der Waals surface area contributed by atoms with Crippen LogP contribution in [0.2, 0.25) is 0 Å². The van der Waals surface area contributed by atoms with Crippen molar-refractivity contribution in [3.8, 4) is 11.5 Å². The fraction of sp³-hybridized carbons (Fsp3) is 0.158. The summed E-state index contributed by atoms with van der Waals surface area (Å²) < 4.78 is 39.9. The summed E-state index contributed by atoms with van der Waals surface area (Å²) in [5.41, 5.74) is 1.26. The maximum absolute atomic E-state index is 12.5. The molecule has 1 aromatic heterocycles. The molecule has 4 rings (SSSR count). The van der Waals surface area contributed by atoms with E-state index in [4.69, 9.17) is 9.47 Å². The highest BCUT2D eigenvalue weighted by Crippen LogP contribution is 2.32. The van der Waals surface area contributed by atoms with E-state index < -0.39 is 10.0 Å². The van der Waals surface area contributed by atoms with Gasteiger partial charge in [-0.25, -0.2) is 4.98 Å². The minimum absolute atomic E-state index is 0.0544. The number of hydrogen-bond donors (Lipinski definition) is 0. The van der Waals surface area contributed by atoms with Crippen LogP contribution in [0.1, 0.15) is 12.1 Å². The zero-order valence-corrected chi connectivity index (χ0v) is 14.6. The normalized spacial score (nSPS) is 14.5.